The fraction of sp³-hybridized carbons (Fsp3) is 0.556. The summed E-state index contributed by atoms with van der Waals surface area (Å²) in [5, 5.41) is 33.0. The van der Waals surface area contributed by atoms with Crippen molar-refractivity contribution in [2.45, 2.75) is 50.6 Å². The number of aliphatic hydroxyl groups excluding tert-OH is 2. The van der Waals surface area contributed by atoms with Crippen molar-refractivity contribution in [2.75, 3.05) is 12.3 Å². The number of hydrogen-bond donors (Lipinski definition) is 4. The van der Waals surface area contributed by atoms with Crippen LogP contribution in [0.25, 0.3) is 5.52 Å². The monoisotopic (exact) mass is 391 g/mol. The summed E-state index contributed by atoms with van der Waals surface area (Å²) in [4.78, 5) is 16.1. The van der Waals surface area contributed by atoms with Crippen LogP contribution in [0.3, 0.4) is 0 Å². The maximum atomic E-state index is 12.2. The van der Waals surface area contributed by atoms with Crippen LogP contribution in [0.15, 0.2) is 18.5 Å². The Morgan fingerprint density at radius 3 is 2.82 bits per heavy atom. The lowest BCUT2D eigenvalue weighted by Gasteiger charge is -2.27. The van der Waals surface area contributed by atoms with E-state index in [-0.39, 0.29) is 18.3 Å². The summed E-state index contributed by atoms with van der Waals surface area (Å²) < 4.78 is 12.6. The molecule has 0 aliphatic carbocycles. The highest BCUT2D eigenvalue weighted by molar-refractivity contribution is 5.74. The van der Waals surface area contributed by atoms with Gasteiger partial charge in [0.15, 0.2) is 11.4 Å². The Kier molecular flexibility index (Phi) is 5.64. The molecule has 10 nitrogen and oxygen atoms in total. The van der Waals surface area contributed by atoms with Gasteiger partial charge in [0.1, 0.15) is 36.8 Å². The Bertz CT molecular complexity index is 867. The summed E-state index contributed by atoms with van der Waals surface area (Å²) >= 11 is 0. The molecule has 1 saturated heterocycles. The third kappa shape index (κ3) is 3.23. The summed E-state index contributed by atoms with van der Waals surface area (Å²) in [5.74, 6) is -0.434. The first-order valence-corrected chi connectivity index (χ1v) is 9.18. The van der Waals surface area contributed by atoms with Gasteiger partial charge in [0.2, 0.25) is 0 Å². The highest BCUT2D eigenvalue weighted by Crippen LogP contribution is 2.40. The topological polar surface area (TPSA) is 156 Å². The number of nitrogens with zero attached hydrogens (tertiary/aromatic N) is 3. The molecule has 1 fully saturated rings. The number of rotatable bonds is 7. The first kappa shape index (κ1) is 20.2. The lowest BCUT2D eigenvalue weighted by Crippen LogP contribution is -2.49. The predicted molar refractivity (Wildman–Crippen MR) is 99.8 cm³/mol. The zero-order valence-electron chi connectivity index (χ0n) is 15.8. The fourth-order valence-corrected chi connectivity index (χ4v) is 3.46. The molecular formula is C18H25N5O5. The number of carbonyl (C=O) groups excluding carboxylic acids is 1. The molecule has 0 aromatic carbocycles. The molecule has 2 aromatic heterocycles. The number of hydrogen-bond acceptors (Lipinski definition) is 9. The molecule has 2 aromatic rings. The number of esters is 1. The maximum Gasteiger partial charge on any atom is 0.309 e. The zero-order valence-corrected chi connectivity index (χ0v) is 15.8. The average Bonchev–Trinajstić information content (AvgIpc) is 3.23. The molecule has 3 rings (SSSR count). The molecule has 3 heterocycles. The summed E-state index contributed by atoms with van der Waals surface area (Å²) in [6.45, 7) is 3.39. The van der Waals surface area contributed by atoms with Gasteiger partial charge in [-0.25, -0.2) is 9.50 Å². The van der Waals surface area contributed by atoms with Crippen LogP contribution < -0.4 is 5.73 Å². The predicted octanol–water partition coefficient (Wildman–Crippen LogP) is 0.472. The third-order valence-electron chi connectivity index (χ3n) is 5.29. The van der Waals surface area contributed by atoms with Crippen molar-refractivity contribution >= 4 is 23.5 Å². The van der Waals surface area contributed by atoms with Crippen LogP contribution in [0, 0.1) is 11.3 Å². The molecule has 152 valence electrons. The molecule has 0 amide bonds. The number of nitrogen functional groups attached to an aromatic ring is 1. The number of nitrogens with one attached hydrogen (secondary N) is 1. The van der Waals surface area contributed by atoms with Crippen LogP contribution in [-0.4, -0.2) is 61.4 Å². The molecule has 0 radical (unpaired) electrons. The third-order valence-corrected chi connectivity index (χ3v) is 5.29. The molecule has 10 heteroatoms. The van der Waals surface area contributed by atoms with E-state index in [1.165, 1.54) is 10.8 Å². The first-order chi connectivity index (χ1) is 13.4. The number of anilines is 1. The molecule has 0 unspecified atom stereocenters. The molecule has 1 aliphatic rings. The SMILES string of the molecule is CCC(CC)C(=O)OC[C@@]1(C=N)O[C@@H](c2ccc3c(N)ncnn23)[C@H](O)[C@@H]1O. The minimum atomic E-state index is -1.66. The van der Waals surface area contributed by atoms with Gasteiger partial charge in [-0.3, -0.25) is 4.79 Å². The van der Waals surface area contributed by atoms with Gasteiger partial charge < -0.3 is 30.8 Å². The molecule has 1 aliphatic heterocycles. The van der Waals surface area contributed by atoms with Gasteiger partial charge in [-0.1, -0.05) is 13.8 Å². The van der Waals surface area contributed by atoms with Crippen LogP contribution in [0.1, 0.15) is 38.5 Å². The van der Waals surface area contributed by atoms with E-state index in [4.69, 9.17) is 20.6 Å². The fourth-order valence-electron chi connectivity index (χ4n) is 3.46. The van der Waals surface area contributed by atoms with E-state index in [0.29, 0.717) is 24.1 Å². The maximum absolute atomic E-state index is 12.2. The summed E-state index contributed by atoms with van der Waals surface area (Å²) in [6.07, 6.45) is -0.444. The number of aromatic nitrogens is 3. The Morgan fingerprint density at radius 2 is 2.18 bits per heavy atom. The number of ether oxygens (including phenoxy) is 2. The minimum absolute atomic E-state index is 0.256. The lowest BCUT2D eigenvalue weighted by atomic mass is 9.95. The normalized spacial score (nSPS) is 27.4. The summed E-state index contributed by atoms with van der Waals surface area (Å²) in [5.41, 5.74) is 5.13. The first-order valence-electron chi connectivity index (χ1n) is 9.18. The second kappa shape index (κ2) is 7.82. The number of nitrogens with two attached hydrogens (primary N) is 1. The molecule has 4 atom stereocenters. The van der Waals surface area contributed by atoms with Crippen LogP contribution in [0.5, 0.6) is 0 Å². The van der Waals surface area contributed by atoms with Crippen LogP contribution >= 0.6 is 0 Å². The van der Waals surface area contributed by atoms with E-state index in [9.17, 15) is 15.0 Å². The summed E-state index contributed by atoms with van der Waals surface area (Å²) in [6, 6.07) is 3.32. The van der Waals surface area contributed by atoms with Crippen LogP contribution in [0.2, 0.25) is 0 Å². The van der Waals surface area contributed by atoms with E-state index < -0.39 is 29.9 Å². The molecule has 0 spiro atoms. The number of carbonyl (C=O) groups is 1. The Morgan fingerprint density at radius 1 is 1.46 bits per heavy atom. The van der Waals surface area contributed by atoms with Gasteiger partial charge in [-0.15, -0.1) is 0 Å². The van der Waals surface area contributed by atoms with Crippen molar-refractivity contribution in [3.05, 3.63) is 24.2 Å². The van der Waals surface area contributed by atoms with Crippen molar-refractivity contribution < 1.29 is 24.5 Å². The van der Waals surface area contributed by atoms with Crippen LogP contribution in [-0.2, 0) is 14.3 Å². The van der Waals surface area contributed by atoms with Crippen molar-refractivity contribution in [1.29, 1.82) is 5.41 Å². The summed E-state index contributed by atoms with van der Waals surface area (Å²) in [7, 11) is 0. The Labute approximate surface area is 161 Å². The van der Waals surface area contributed by atoms with Crippen molar-refractivity contribution in [3.8, 4) is 0 Å². The van der Waals surface area contributed by atoms with Crippen molar-refractivity contribution in [2.24, 2.45) is 5.92 Å². The van der Waals surface area contributed by atoms with Crippen LogP contribution in [0.4, 0.5) is 5.82 Å². The van der Waals surface area contributed by atoms with E-state index >= 15 is 0 Å². The van der Waals surface area contributed by atoms with Gasteiger partial charge in [-0.05, 0) is 25.0 Å². The van der Waals surface area contributed by atoms with Gasteiger partial charge in [0.25, 0.3) is 0 Å². The number of aliphatic hydroxyl groups is 2. The largest absolute Gasteiger partial charge is 0.462 e. The second-order valence-corrected chi connectivity index (χ2v) is 6.89. The van der Waals surface area contributed by atoms with E-state index in [1.54, 1.807) is 12.1 Å². The molecule has 0 saturated carbocycles. The molecular weight excluding hydrogens is 366 g/mol. The van der Waals surface area contributed by atoms with Crippen molar-refractivity contribution in [3.63, 3.8) is 0 Å². The van der Waals surface area contributed by atoms with Gasteiger partial charge >= 0.3 is 5.97 Å². The Balaban J connectivity index is 1.86. The second-order valence-electron chi connectivity index (χ2n) is 6.89. The molecule has 28 heavy (non-hydrogen) atoms. The van der Waals surface area contributed by atoms with Gasteiger partial charge in [-0.2, -0.15) is 5.10 Å². The Hall–Kier alpha value is -2.56. The highest BCUT2D eigenvalue weighted by Gasteiger charge is 2.55. The van der Waals surface area contributed by atoms with Crippen molar-refractivity contribution in [1.82, 2.24) is 14.6 Å². The smallest absolute Gasteiger partial charge is 0.309 e. The van der Waals surface area contributed by atoms with Gasteiger partial charge in [0, 0.05) is 6.21 Å². The lowest BCUT2D eigenvalue weighted by molar-refractivity contribution is -0.158. The van der Waals surface area contributed by atoms with E-state index in [0.717, 1.165) is 6.21 Å². The average molecular weight is 391 g/mol. The minimum Gasteiger partial charge on any atom is -0.462 e. The highest BCUT2D eigenvalue weighted by atomic mass is 16.6. The molecule has 0 bridgehead atoms. The van der Waals surface area contributed by atoms with E-state index in [2.05, 4.69) is 10.1 Å². The van der Waals surface area contributed by atoms with E-state index in [1.807, 2.05) is 13.8 Å². The molecule has 5 N–H and O–H groups in total. The van der Waals surface area contributed by atoms with Gasteiger partial charge in [0.05, 0.1) is 11.6 Å². The zero-order chi connectivity index (χ0) is 20.5. The number of fused-ring (bicyclic) bond motifs is 1. The standard InChI is InChI=1S/C18H25N5O5/c1-3-10(4-2)17(26)27-8-18(7-19)15(25)13(24)14(28-18)11-5-6-12-16(20)21-9-22-23(11)12/h5-7,9-10,13-15,19,24-25H,3-4,8H2,1-2H3,(H2,20,21,22)/t13-,14-,15-,18+/m0/s1. The quantitative estimate of drug-likeness (QED) is 0.392.